The van der Waals surface area contributed by atoms with Crippen LogP contribution in [0.15, 0.2) is 23.8 Å². The average Bonchev–Trinajstić information content (AvgIpc) is 1.52. The molecule has 1 spiro atoms. The summed E-state index contributed by atoms with van der Waals surface area (Å²) >= 11 is 0. The quantitative estimate of drug-likeness (QED) is 0.0333. The summed E-state index contributed by atoms with van der Waals surface area (Å²) in [5.74, 6) is -1.07. The van der Waals surface area contributed by atoms with Crippen LogP contribution in [0.5, 0.6) is 0 Å². The lowest BCUT2D eigenvalue weighted by Gasteiger charge is -2.63. The zero-order valence-electron chi connectivity index (χ0n) is 52.9. The van der Waals surface area contributed by atoms with Gasteiger partial charge < -0.3 is 108 Å². The molecule has 12 N–H and O–H groups in total. The number of ether oxygens (including phenoxy) is 12. The number of carbonyl (C=O) groups is 2. The average molecular weight is 1380 g/mol. The Kier molecular flexibility index (Phi) is 21.4. The van der Waals surface area contributed by atoms with Crippen molar-refractivity contribution in [2.75, 3.05) is 33.5 Å². The molecule has 6 aliphatic heterocycles. The molecule has 0 aromatic heterocycles. The molecule has 0 bridgehead atoms. The first kappa shape index (κ1) is 73.2. The molecule has 32 nitrogen and oxygen atoms in total. The van der Waals surface area contributed by atoms with Crippen LogP contribution in [0.4, 0.5) is 0 Å². The van der Waals surface area contributed by atoms with E-state index in [0.29, 0.717) is 44.9 Å². The number of aliphatic hydroxyl groups is 10. The van der Waals surface area contributed by atoms with Gasteiger partial charge in [-0.2, -0.15) is 16.8 Å². The van der Waals surface area contributed by atoms with E-state index in [4.69, 9.17) is 61.0 Å². The molecule has 9 fully saturated rings. The summed E-state index contributed by atoms with van der Waals surface area (Å²) in [5.41, 5.74) is -1.86. The predicted octanol–water partition coefficient (Wildman–Crippen LogP) is -2.09. The Labute approximate surface area is 538 Å². The number of allylic oxidation sites excluding steroid dienone is 3. The summed E-state index contributed by atoms with van der Waals surface area (Å²) in [4.78, 5) is 28.9. The van der Waals surface area contributed by atoms with Crippen molar-refractivity contribution in [3.63, 3.8) is 0 Å². The molecule has 0 radical (unpaired) electrons. The highest BCUT2D eigenvalue weighted by atomic mass is 32.3. The molecule has 3 saturated carbocycles. The Morgan fingerprint density at radius 1 is 0.677 bits per heavy atom. The first-order valence-corrected chi connectivity index (χ1v) is 34.2. The highest BCUT2D eigenvalue weighted by molar-refractivity contribution is 7.81. The molecule has 34 heteroatoms. The van der Waals surface area contributed by atoms with Crippen LogP contribution >= 0.6 is 0 Å². The molecule has 10 aliphatic rings. The van der Waals surface area contributed by atoms with E-state index in [1.54, 1.807) is 0 Å². The van der Waals surface area contributed by atoms with Crippen molar-refractivity contribution in [1.29, 1.82) is 0 Å². The van der Waals surface area contributed by atoms with Crippen LogP contribution in [0.25, 0.3) is 0 Å². The molecular formula is C59H92O32S2. The maximum Gasteiger partial charge on any atom is 0.397 e. The Morgan fingerprint density at radius 3 is 1.94 bits per heavy atom. The van der Waals surface area contributed by atoms with Crippen molar-refractivity contribution in [1.82, 2.24) is 0 Å². The van der Waals surface area contributed by atoms with Gasteiger partial charge in [-0.05, 0) is 94.8 Å². The molecule has 10 rings (SSSR count). The molecule has 0 amide bonds. The molecule has 31 atom stereocenters. The normalized spacial score (nSPS) is 49.2. The Balaban J connectivity index is 0.904. The van der Waals surface area contributed by atoms with Gasteiger partial charge in [-0.25, -0.2) is 8.37 Å². The molecule has 4 aliphatic carbocycles. The van der Waals surface area contributed by atoms with Gasteiger partial charge in [0, 0.05) is 18.9 Å². The summed E-state index contributed by atoms with van der Waals surface area (Å²) in [5, 5.41) is 112. The predicted molar refractivity (Wildman–Crippen MR) is 308 cm³/mol. The number of rotatable bonds is 21. The summed E-state index contributed by atoms with van der Waals surface area (Å²) in [6.07, 6.45) is -37.0. The maximum absolute atomic E-state index is 14.5. The number of carbonyl (C=O) groups excluding carboxylic acids is 2. The van der Waals surface area contributed by atoms with Gasteiger partial charge in [0.25, 0.3) is 0 Å². The number of Topliss-reactive ketones (excluding diaryl/α,β-unsaturated/α-hetero) is 1. The van der Waals surface area contributed by atoms with Crippen LogP contribution in [-0.2, 0) is 95.6 Å². The van der Waals surface area contributed by atoms with Crippen molar-refractivity contribution >= 4 is 32.6 Å². The van der Waals surface area contributed by atoms with Crippen molar-refractivity contribution in [3.8, 4) is 0 Å². The smallest absolute Gasteiger partial charge is 0.397 e. The van der Waals surface area contributed by atoms with Gasteiger partial charge in [0.1, 0.15) is 115 Å². The van der Waals surface area contributed by atoms with Crippen molar-refractivity contribution in [3.05, 3.63) is 23.8 Å². The van der Waals surface area contributed by atoms with Gasteiger partial charge in [-0.1, -0.05) is 44.9 Å². The number of methoxy groups -OCH3 is 1. The third-order valence-electron chi connectivity index (χ3n) is 22.0. The fourth-order valence-electron chi connectivity index (χ4n) is 17.4. The van der Waals surface area contributed by atoms with Crippen LogP contribution in [-0.4, -0.2) is 275 Å². The van der Waals surface area contributed by atoms with E-state index in [9.17, 15) is 86.6 Å². The van der Waals surface area contributed by atoms with Crippen LogP contribution in [0.2, 0.25) is 0 Å². The summed E-state index contributed by atoms with van der Waals surface area (Å²) in [7, 11) is -9.34. The third kappa shape index (κ3) is 13.5. The number of esters is 1. The second-order valence-corrected chi connectivity index (χ2v) is 30.3. The van der Waals surface area contributed by atoms with Gasteiger partial charge in [-0.3, -0.25) is 18.7 Å². The Bertz CT molecular complexity index is 2970. The molecule has 6 heterocycles. The number of hydrogen-bond donors (Lipinski definition) is 12. The maximum atomic E-state index is 14.5. The topological polar surface area (TPSA) is 474 Å². The van der Waals surface area contributed by atoms with Crippen molar-refractivity contribution in [2.45, 2.75) is 259 Å². The number of hydrogen-bond acceptors (Lipinski definition) is 30. The molecule has 6 saturated heterocycles. The SMILES string of the molecule is C=C(C)CCC[C@]1(C)OC(=O)C23CCC4C(=CCC5C(C)(C)C(OC6OCC(OS(=O)(=O)O)C(O)C6OC6OC(C)C(OC7OC(CO)C(O)C(OC8OC(COS(=O)(=O)O)C(O)C(OC)C8O)C7O)C(O)C6OC6OCC(O)C(O)C6O)CCC45C)[C@]2(C)CC(=O)C31. The third-order valence-corrected chi connectivity index (χ3v) is 23.0. The first-order valence-electron chi connectivity index (χ1n) is 31.5. The Hall–Kier alpha value is -2.48. The minimum atomic E-state index is -5.30. The fourth-order valence-corrected chi connectivity index (χ4v) is 18.2. The van der Waals surface area contributed by atoms with E-state index >= 15 is 0 Å². The van der Waals surface area contributed by atoms with Gasteiger partial charge in [0.15, 0.2) is 31.5 Å². The van der Waals surface area contributed by atoms with Crippen molar-refractivity contribution in [2.24, 2.45) is 39.4 Å². The van der Waals surface area contributed by atoms with E-state index in [1.165, 1.54) is 6.92 Å². The van der Waals surface area contributed by atoms with Crippen LogP contribution in [0.1, 0.15) is 106 Å². The largest absolute Gasteiger partial charge is 0.458 e. The molecule has 93 heavy (non-hydrogen) atoms. The minimum Gasteiger partial charge on any atom is -0.458 e. The van der Waals surface area contributed by atoms with Crippen LogP contribution < -0.4 is 0 Å². The van der Waals surface area contributed by atoms with Crippen LogP contribution in [0.3, 0.4) is 0 Å². The van der Waals surface area contributed by atoms with E-state index in [2.05, 4.69) is 30.7 Å². The van der Waals surface area contributed by atoms with E-state index < -0.39 is 228 Å². The van der Waals surface area contributed by atoms with Gasteiger partial charge in [0.05, 0.1) is 50.0 Å². The Morgan fingerprint density at radius 2 is 1.29 bits per heavy atom. The zero-order chi connectivity index (χ0) is 68.2. The lowest BCUT2D eigenvalue weighted by molar-refractivity contribution is -0.403. The first-order chi connectivity index (χ1) is 43.4. The molecule has 29 unspecified atom stereocenters. The van der Waals surface area contributed by atoms with Gasteiger partial charge in [0.2, 0.25) is 0 Å². The summed E-state index contributed by atoms with van der Waals surface area (Å²) < 4.78 is 148. The van der Waals surface area contributed by atoms with E-state index in [-0.39, 0.29) is 30.0 Å². The lowest BCUT2D eigenvalue weighted by Crippen LogP contribution is -2.68. The number of aliphatic hydroxyl groups excluding tert-OH is 10. The second-order valence-electron chi connectivity index (χ2n) is 28.2. The summed E-state index contributed by atoms with van der Waals surface area (Å²) in [6, 6.07) is 0. The number of fused-ring (bicyclic) bond motifs is 4. The van der Waals surface area contributed by atoms with E-state index in [0.717, 1.165) is 24.7 Å². The van der Waals surface area contributed by atoms with E-state index in [1.807, 2.05) is 27.7 Å². The second kappa shape index (κ2) is 27.2. The lowest BCUT2D eigenvalue weighted by atomic mass is 9.41. The van der Waals surface area contributed by atoms with Crippen molar-refractivity contribution < 1.29 is 152 Å². The number of cyclic esters (lactones) is 1. The van der Waals surface area contributed by atoms with Gasteiger partial charge in [-0.15, -0.1) is 6.58 Å². The molecule has 0 aromatic rings. The fraction of sp³-hybridized carbons (Fsp3) is 0.898. The van der Waals surface area contributed by atoms with Gasteiger partial charge >= 0.3 is 26.8 Å². The molecule has 0 aromatic carbocycles. The van der Waals surface area contributed by atoms with Crippen LogP contribution in [0, 0.1) is 39.4 Å². The molecule has 532 valence electrons. The minimum absolute atomic E-state index is 0.0236. The monoisotopic (exact) mass is 1380 g/mol. The highest BCUT2D eigenvalue weighted by Gasteiger charge is 2.79. The molecular weight excluding hydrogens is 1280 g/mol. The standard InChI is InChI=1S/C59H92O32S2/c1-24(2)11-10-16-58(8)48-28(61)19-57(7)27-12-13-33-55(4,5)34(15-17-56(33,6)26(27)14-18-59(48,57)54(71)90-58)85-52-46(38(66)32(22-80-52)91-93(75,76)77)89-53-47(88-49-39(67)35(63)29(62)21-79-49)40(68)43(25(3)82-53)86-51-42(70)45(36(64)30(20-60)83-51)87-50-41(69)44(78-9)37(65)31(84-50)23-81-92(72,73)74/h12,25-26,29-53,60,62-70H,1,10-11,13-23H2,2-9H3,(H,72,73,74)(H,75,76,77)/t25?,26?,29?,30?,31?,32?,33?,34?,35?,36?,37?,38?,39?,40?,41?,42?,43?,44?,45?,46?,47?,48?,49?,50?,51?,52?,53?,56?,57-,58-,59?/m0/s1. The summed E-state index contributed by atoms with van der Waals surface area (Å²) in [6.45, 7) is 14.2. The highest BCUT2D eigenvalue weighted by Crippen LogP contribution is 2.75. The zero-order valence-corrected chi connectivity index (χ0v) is 54.5. The number of ketones is 1.